The van der Waals surface area contributed by atoms with Crippen molar-refractivity contribution in [1.29, 1.82) is 0 Å². The number of phenolic OH excluding ortho intramolecular Hbond substituents is 1. The number of phenols is 1. The molecule has 0 bridgehead atoms. The number of hydrogen-bond donors (Lipinski definition) is 2. The van der Waals surface area contributed by atoms with Crippen molar-refractivity contribution in [2.24, 2.45) is 0 Å². The Morgan fingerprint density at radius 3 is 2.50 bits per heavy atom. The third-order valence-corrected chi connectivity index (χ3v) is 4.85. The average molecular weight is 440 g/mol. The van der Waals surface area contributed by atoms with Crippen LogP contribution in [0.3, 0.4) is 0 Å². The minimum Gasteiger partial charge on any atom is -0.505 e. The zero-order valence-electron chi connectivity index (χ0n) is 18.9. The van der Waals surface area contributed by atoms with Gasteiger partial charge in [-0.3, -0.25) is 0 Å². The molecule has 170 valence electrons. The van der Waals surface area contributed by atoms with Gasteiger partial charge in [-0.25, -0.2) is 4.79 Å². The summed E-state index contributed by atoms with van der Waals surface area (Å²) >= 11 is 0. The largest absolute Gasteiger partial charge is 0.505 e. The van der Waals surface area contributed by atoms with Gasteiger partial charge in [0.2, 0.25) is 0 Å². The summed E-state index contributed by atoms with van der Waals surface area (Å²) in [6, 6.07) is 8.79. The zero-order valence-corrected chi connectivity index (χ0v) is 18.9. The van der Waals surface area contributed by atoms with Crippen LogP contribution in [0.5, 0.6) is 11.5 Å². The van der Waals surface area contributed by atoms with Gasteiger partial charge in [-0.15, -0.1) is 15.0 Å². The predicted octanol–water partition coefficient (Wildman–Crippen LogP) is 3.80. The fourth-order valence-electron chi connectivity index (χ4n) is 3.10. The molecule has 0 radical (unpaired) electrons. The third kappa shape index (κ3) is 5.26. The van der Waals surface area contributed by atoms with E-state index >= 15 is 0 Å². The van der Waals surface area contributed by atoms with Crippen LogP contribution < -0.4 is 4.74 Å². The van der Waals surface area contributed by atoms with Crippen LogP contribution in [0.2, 0.25) is 0 Å². The first-order valence-corrected chi connectivity index (χ1v) is 10.4. The highest BCUT2D eigenvalue weighted by molar-refractivity contribution is 5.86. The second kappa shape index (κ2) is 9.40. The molecule has 0 aliphatic heterocycles. The Bertz CT molecular complexity index is 1140. The molecule has 0 amide bonds. The van der Waals surface area contributed by atoms with Crippen LogP contribution in [0, 0.1) is 0 Å². The van der Waals surface area contributed by atoms with Gasteiger partial charge in [0.1, 0.15) is 28.2 Å². The number of benzene rings is 2. The first-order chi connectivity index (χ1) is 15.1. The molecular formula is C24H29N3O5. The quantitative estimate of drug-likeness (QED) is 0.312. The first-order valence-electron chi connectivity index (χ1n) is 10.4. The molecule has 0 fully saturated rings. The van der Waals surface area contributed by atoms with Gasteiger partial charge in [0.05, 0.1) is 19.8 Å². The highest BCUT2D eigenvalue weighted by Gasteiger charge is 2.24. The van der Waals surface area contributed by atoms with Crippen LogP contribution in [-0.2, 0) is 21.6 Å². The molecule has 2 aromatic carbocycles. The number of hydrogen-bond acceptors (Lipinski definition) is 7. The van der Waals surface area contributed by atoms with E-state index in [1.807, 2.05) is 20.8 Å². The lowest BCUT2D eigenvalue weighted by Crippen LogP contribution is -2.14. The number of fused-ring (bicyclic) bond motifs is 1. The monoisotopic (exact) mass is 439 g/mol. The molecule has 0 aliphatic carbocycles. The second-order valence-corrected chi connectivity index (χ2v) is 8.68. The van der Waals surface area contributed by atoms with Crippen molar-refractivity contribution in [1.82, 2.24) is 15.0 Å². The summed E-state index contributed by atoms with van der Waals surface area (Å²) in [5.74, 6) is 0.197. The molecule has 2 N–H and O–H groups in total. The van der Waals surface area contributed by atoms with Gasteiger partial charge in [0.15, 0.2) is 0 Å². The van der Waals surface area contributed by atoms with Gasteiger partial charge < -0.3 is 19.7 Å². The number of aliphatic hydroxyl groups excluding tert-OH is 1. The number of carbonyl (C=O) groups excluding carboxylic acids is 1. The lowest BCUT2D eigenvalue weighted by Gasteiger charge is -2.23. The van der Waals surface area contributed by atoms with E-state index in [9.17, 15) is 15.0 Å². The topological polar surface area (TPSA) is 107 Å². The number of ether oxygens (including phenoxy) is 2. The van der Waals surface area contributed by atoms with Crippen LogP contribution in [0.15, 0.2) is 42.5 Å². The first kappa shape index (κ1) is 23.3. The van der Waals surface area contributed by atoms with Crippen LogP contribution >= 0.6 is 0 Å². The molecule has 0 aliphatic rings. The number of rotatable bonds is 8. The lowest BCUT2D eigenvalue weighted by molar-refractivity contribution is -0.139. The molecule has 0 saturated heterocycles. The summed E-state index contributed by atoms with van der Waals surface area (Å²) in [5, 5.41) is 29.3. The summed E-state index contributed by atoms with van der Waals surface area (Å²) in [4.78, 5) is 12.8. The number of aromatic hydroxyl groups is 1. The Labute approximate surface area is 187 Å². The van der Waals surface area contributed by atoms with Gasteiger partial charge in [-0.05, 0) is 36.1 Å². The summed E-state index contributed by atoms with van der Waals surface area (Å²) in [5.41, 5.74) is 3.07. The minimum absolute atomic E-state index is 0.0722. The Morgan fingerprint density at radius 2 is 1.84 bits per heavy atom. The molecule has 0 spiro atoms. The van der Waals surface area contributed by atoms with Gasteiger partial charge >= 0.3 is 5.97 Å². The molecule has 0 saturated carbocycles. The van der Waals surface area contributed by atoms with Gasteiger partial charge in [-0.2, -0.15) is 0 Å². The third-order valence-electron chi connectivity index (χ3n) is 4.85. The predicted molar refractivity (Wildman–Crippen MR) is 121 cm³/mol. The SMILES string of the molecule is C=C(C)C(=O)OCCCOc1cc(-n2nc3ccc(CO)cc3n2)c(O)c(C(C)(C)C)c1. The Morgan fingerprint density at radius 1 is 1.12 bits per heavy atom. The molecule has 1 heterocycles. The Hall–Kier alpha value is -3.39. The van der Waals surface area contributed by atoms with Crippen molar-refractivity contribution in [2.75, 3.05) is 13.2 Å². The molecule has 0 unspecified atom stereocenters. The van der Waals surface area contributed by atoms with Crippen LogP contribution in [0.4, 0.5) is 0 Å². The van der Waals surface area contributed by atoms with Gasteiger partial charge in [0, 0.05) is 23.6 Å². The molecule has 3 aromatic rings. The normalized spacial score (nSPS) is 11.5. The molecule has 1 aromatic heterocycles. The van der Waals surface area contributed by atoms with Crippen LogP contribution in [-0.4, -0.2) is 44.4 Å². The second-order valence-electron chi connectivity index (χ2n) is 8.68. The fourth-order valence-corrected chi connectivity index (χ4v) is 3.10. The van der Waals surface area contributed by atoms with Crippen molar-refractivity contribution < 1.29 is 24.5 Å². The van der Waals surface area contributed by atoms with Crippen molar-refractivity contribution in [3.05, 3.63) is 53.6 Å². The van der Waals surface area contributed by atoms with Crippen molar-refractivity contribution >= 4 is 17.0 Å². The van der Waals surface area contributed by atoms with E-state index in [0.717, 1.165) is 5.56 Å². The standard InChI is InChI=1S/C24H29N3O5/c1-15(2)23(30)32-10-6-9-31-17-12-18(24(3,4)5)22(29)21(13-17)27-25-19-8-7-16(14-28)11-20(19)26-27/h7-8,11-13,28-29H,1,6,9-10,14H2,2-5H3. The summed E-state index contributed by atoms with van der Waals surface area (Å²) in [6.45, 7) is 11.6. The summed E-state index contributed by atoms with van der Waals surface area (Å²) in [7, 11) is 0. The maximum atomic E-state index is 11.5. The van der Waals surface area contributed by atoms with Crippen molar-refractivity contribution in [3.63, 3.8) is 0 Å². The maximum absolute atomic E-state index is 11.5. The molecule has 32 heavy (non-hydrogen) atoms. The molecular weight excluding hydrogens is 410 g/mol. The summed E-state index contributed by atoms with van der Waals surface area (Å²) in [6.07, 6.45) is 0.508. The number of aromatic nitrogens is 3. The lowest BCUT2D eigenvalue weighted by atomic mass is 9.86. The van der Waals surface area contributed by atoms with Crippen molar-refractivity contribution in [3.8, 4) is 17.2 Å². The van der Waals surface area contributed by atoms with Crippen molar-refractivity contribution in [2.45, 2.75) is 46.1 Å². The van der Waals surface area contributed by atoms with E-state index in [1.54, 1.807) is 37.3 Å². The Balaban J connectivity index is 1.87. The molecule has 8 heteroatoms. The highest BCUT2D eigenvalue weighted by atomic mass is 16.5. The van der Waals surface area contributed by atoms with E-state index in [4.69, 9.17) is 9.47 Å². The van der Waals surface area contributed by atoms with Gasteiger partial charge in [0.25, 0.3) is 0 Å². The zero-order chi connectivity index (χ0) is 23.5. The average Bonchev–Trinajstić information content (AvgIpc) is 3.16. The minimum atomic E-state index is -0.423. The van der Waals surface area contributed by atoms with E-state index in [-0.39, 0.29) is 24.4 Å². The smallest absolute Gasteiger partial charge is 0.333 e. The van der Waals surface area contributed by atoms with Crippen LogP contribution in [0.1, 0.15) is 45.2 Å². The molecule has 0 atom stereocenters. The highest BCUT2D eigenvalue weighted by Crippen LogP contribution is 2.38. The maximum Gasteiger partial charge on any atom is 0.333 e. The van der Waals surface area contributed by atoms with E-state index < -0.39 is 5.97 Å². The van der Waals surface area contributed by atoms with E-state index in [0.29, 0.717) is 46.6 Å². The molecule has 8 nitrogen and oxygen atoms in total. The number of esters is 1. The summed E-state index contributed by atoms with van der Waals surface area (Å²) < 4.78 is 11.0. The molecule has 3 rings (SSSR count). The number of nitrogens with zero attached hydrogens (tertiary/aromatic N) is 3. The van der Waals surface area contributed by atoms with E-state index in [1.165, 1.54) is 4.80 Å². The fraction of sp³-hybridized carbons (Fsp3) is 0.375. The number of carbonyl (C=O) groups is 1. The van der Waals surface area contributed by atoms with E-state index in [2.05, 4.69) is 16.8 Å². The van der Waals surface area contributed by atoms with Gasteiger partial charge in [-0.1, -0.05) is 33.4 Å². The van der Waals surface area contributed by atoms with Crippen LogP contribution in [0.25, 0.3) is 16.7 Å². The number of aliphatic hydroxyl groups is 1. The Kier molecular flexibility index (Phi) is 6.84.